The number of benzene rings is 1. The molecule has 1 fully saturated rings. The maximum Gasteiger partial charge on any atom is 0.0584 e. The van der Waals surface area contributed by atoms with Crippen molar-refractivity contribution in [2.75, 3.05) is 38.3 Å². The Kier molecular flexibility index (Phi) is 3.01. The molecule has 0 aliphatic carbocycles. The molecular weight excluding hydrogens is 246 g/mol. The maximum atomic E-state index is 9.49. The van der Waals surface area contributed by atoms with Gasteiger partial charge in [0.2, 0.25) is 0 Å². The Morgan fingerprint density at radius 2 is 2.17 bits per heavy atom. The molecule has 0 radical (unpaired) electrons. The summed E-state index contributed by atoms with van der Waals surface area (Å²) in [6.07, 6.45) is 0. The molecule has 1 aromatic carbocycles. The molecule has 1 saturated heterocycles. The molecule has 3 rings (SSSR count). The monoisotopic (exact) mass is 263 g/mol. The van der Waals surface area contributed by atoms with Crippen LogP contribution in [-0.4, -0.2) is 38.5 Å². The number of hydrogen-bond acceptors (Lipinski definition) is 4. The van der Waals surface area contributed by atoms with E-state index in [0.717, 1.165) is 6.54 Å². The van der Waals surface area contributed by atoms with Crippen molar-refractivity contribution in [2.24, 2.45) is 5.41 Å². The van der Waals surface area contributed by atoms with Crippen LogP contribution in [0.2, 0.25) is 0 Å². The largest absolute Gasteiger partial charge is 0.396 e. The molecule has 0 bridgehead atoms. The van der Waals surface area contributed by atoms with Gasteiger partial charge in [0.15, 0.2) is 0 Å². The van der Waals surface area contributed by atoms with Gasteiger partial charge in [-0.15, -0.1) is 11.3 Å². The minimum absolute atomic E-state index is 0.0716. The fourth-order valence-electron chi connectivity index (χ4n) is 2.47. The molecule has 2 aromatic rings. The van der Waals surface area contributed by atoms with Crippen LogP contribution in [0.1, 0.15) is 0 Å². The van der Waals surface area contributed by atoms with E-state index in [1.165, 1.54) is 15.8 Å². The number of aliphatic hydroxyl groups is 1. The van der Waals surface area contributed by atoms with Gasteiger partial charge in [-0.2, -0.15) is 0 Å². The summed E-state index contributed by atoms with van der Waals surface area (Å²) in [6, 6.07) is 8.43. The van der Waals surface area contributed by atoms with Crippen molar-refractivity contribution >= 4 is 27.1 Å². The van der Waals surface area contributed by atoms with E-state index < -0.39 is 0 Å². The lowest BCUT2D eigenvalue weighted by molar-refractivity contribution is -0.130. The first-order valence-electron chi connectivity index (χ1n) is 6.10. The van der Waals surface area contributed by atoms with Crippen molar-refractivity contribution in [3.63, 3.8) is 0 Å². The second kappa shape index (κ2) is 4.53. The zero-order valence-corrected chi connectivity index (χ0v) is 11.2. The smallest absolute Gasteiger partial charge is 0.0584 e. The molecule has 0 amide bonds. The van der Waals surface area contributed by atoms with Gasteiger partial charge in [-0.3, -0.25) is 0 Å². The number of fused-ring (bicyclic) bond motifs is 1. The Morgan fingerprint density at radius 3 is 2.83 bits per heavy atom. The van der Waals surface area contributed by atoms with Crippen LogP contribution in [-0.2, 0) is 4.74 Å². The number of rotatable bonds is 4. The molecule has 1 aliphatic heterocycles. The number of nitrogens with zero attached hydrogens (tertiary/aromatic N) is 1. The van der Waals surface area contributed by atoms with Crippen LogP contribution in [0.15, 0.2) is 29.6 Å². The second-order valence-corrected chi connectivity index (χ2v) is 6.04. The summed E-state index contributed by atoms with van der Waals surface area (Å²) in [4.78, 5) is 2.23. The molecule has 0 spiro atoms. The minimum atomic E-state index is -0.0716. The van der Waals surface area contributed by atoms with Crippen LogP contribution in [0.25, 0.3) is 10.1 Å². The van der Waals surface area contributed by atoms with Crippen molar-refractivity contribution in [2.45, 2.75) is 0 Å². The summed E-state index contributed by atoms with van der Waals surface area (Å²) in [5, 5.41) is 13.0. The van der Waals surface area contributed by atoms with E-state index in [-0.39, 0.29) is 12.0 Å². The Labute approximate surface area is 111 Å². The first kappa shape index (κ1) is 12.0. The fourth-order valence-corrected chi connectivity index (χ4v) is 3.47. The molecule has 18 heavy (non-hydrogen) atoms. The lowest BCUT2D eigenvalue weighted by Crippen LogP contribution is -2.52. The zero-order chi connectivity index (χ0) is 12.6. The molecule has 4 heteroatoms. The van der Waals surface area contributed by atoms with E-state index in [1.54, 1.807) is 11.3 Å². The third-order valence-electron chi connectivity index (χ3n) is 3.60. The lowest BCUT2D eigenvalue weighted by atomic mass is 9.86. The number of anilines is 1. The van der Waals surface area contributed by atoms with Crippen LogP contribution in [0.5, 0.6) is 0 Å². The van der Waals surface area contributed by atoms with Gasteiger partial charge in [0.05, 0.1) is 30.9 Å². The fraction of sp³-hybridized carbons (Fsp3) is 0.429. The standard InChI is InChI=1S/C14H17NO2S/c1-15(7-14(8-16)9-17-10-14)12-6-18-13-5-3-2-4-11(12)13/h2-6,16H,7-10H2,1H3. The number of thiophene rings is 1. The van der Waals surface area contributed by atoms with E-state index in [9.17, 15) is 5.11 Å². The van der Waals surface area contributed by atoms with Crippen molar-refractivity contribution in [3.8, 4) is 0 Å². The first-order chi connectivity index (χ1) is 8.74. The zero-order valence-electron chi connectivity index (χ0n) is 10.4. The number of aliphatic hydroxyl groups excluding tert-OH is 1. The predicted octanol–water partition coefficient (Wildman–Crippen LogP) is 2.35. The molecule has 3 nitrogen and oxygen atoms in total. The quantitative estimate of drug-likeness (QED) is 0.919. The van der Waals surface area contributed by atoms with Crippen LogP contribution >= 0.6 is 11.3 Å². The molecule has 96 valence electrons. The third-order valence-corrected chi connectivity index (χ3v) is 4.55. The number of hydrogen-bond donors (Lipinski definition) is 1. The summed E-state index contributed by atoms with van der Waals surface area (Å²) < 4.78 is 6.56. The summed E-state index contributed by atoms with van der Waals surface area (Å²) in [5.74, 6) is 0. The summed E-state index contributed by atoms with van der Waals surface area (Å²) in [7, 11) is 2.09. The van der Waals surface area contributed by atoms with Crippen LogP contribution < -0.4 is 4.90 Å². The van der Waals surface area contributed by atoms with Crippen LogP contribution in [0.4, 0.5) is 5.69 Å². The van der Waals surface area contributed by atoms with Gasteiger partial charge in [0.25, 0.3) is 0 Å². The average Bonchev–Trinajstić information content (AvgIpc) is 2.77. The van der Waals surface area contributed by atoms with Gasteiger partial charge in [-0.05, 0) is 6.07 Å². The lowest BCUT2D eigenvalue weighted by Gasteiger charge is -2.42. The first-order valence-corrected chi connectivity index (χ1v) is 6.98. The van der Waals surface area contributed by atoms with Gasteiger partial charge in [-0.25, -0.2) is 0 Å². The van der Waals surface area contributed by atoms with Crippen molar-refractivity contribution in [1.29, 1.82) is 0 Å². The van der Waals surface area contributed by atoms with Crippen molar-refractivity contribution in [3.05, 3.63) is 29.6 Å². The molecule has 0 saturated carbocycles. The van der Waals surface area contributed by atoms with Gasteiger partial charge in [0.1, 0.15) is 0 Å². The molecule has 1 N–H and O–H groups in total. The highest BCUT2D eigenvalue weighted by atomic mass is 32.1. The highest BCUT2D eigenvalue weighted by Crippen LogP contribution is 2.35. The minimum Gasteiger partial charge on any atom is -0.396 e. The van der Waals surface area contributed by atoms with E-state index in [2.05, 4.69) is 41.6 Å². The van der Waals surface area contributed by atoms with Crippen molar-refractivity contribution in [1.82, 2.24) is 0 Å². The topological polar surface area (TPSA) is 32.7 Å². The SMILES string of the molecule is CN(CC1(CO)COC1)c1csc2ccccc12. The van der Waals surface area contributed by atoms with Crippen LogP contribution in [0, 0.1) is 5.41 Å². The molecule has 0 atom stereocenters. The molecule has 1 aromatic heterocycles. The summed E-state index contributed by atoms with van der Waals surface area (Å²) in [6.45, 7) is 2.36. The summed E-state index contributed by atoms with van der Waals surface area (Å²) >= 11 is 1.77. The Morgan fingerprint density at radius 1 is 1.39 bits per heavy atom. The Balaban J connectivity index is 1.85. The Hall–Kier alpha value is -1.10. The molecular formula is C14H17NO2S. The highest BCUT2D eigenvalue weighted by molar-refractivity contribution is 7.17. The van der Waals surface area contributed by atoms with Gasteiger partial charge < -0.3 is 14.7 Å². The molecule has 0 unspecified atom stereocenters. The van der Waals surface area contributed by atoms with Crippen molar-refractivity contribution < 1.29 is 9.84 Å². The third kappa shape index (κ3) is 1.90. The molecule has 1 aliphatic rings. The highest BCUT2D eigenvalue weighted by Gasteiger charge is 2.39. The second-order valence-electron chi connectivity index (χ2n) is 5.12. The van der Waals surface area contributed by atoms with E-state index >= 15 is 0 Å². The maximum absolute atomic E-state index is 9.49. The van der Waals surface area contributed by atoms with E-state index in [1.807, 2.05) is 0 Å². The Bertz CT molecular complexity index is 542. The average molecular weight is 263 g/mol. The predicted molar refractivity (Wildman–Crippen MR) is 75.4 cm³/mol. The summed E-state index contributed by atoms with van der Waals surface area (Å²) in [5.41, 5.74) is 1.17. The van der Waals surface area contributed by atoms with Crippen LogP contribution in [0.3, 0.4) is 0 Å². The van der Waals surface area contributed by atoms with Gasteiger partial charge in [-0.1, -0.05) is 18.2 Å². The molecule has 2 heterocycles. The normalized spacial score (nSPS) is 17.7. The van der Waals surface area contributed by atoms with E-state index in [4.69, 9.17) is 4.74 Å². The van der Waals surface area contributed by atoms with Gasteiger partial charge >= 0.3 is 0 Å². The number of ether oxygens (including phenoxy) is 1. The van der Waals surface area contributed by atoms with E-state index in [0.29, 0.717) is 13.2 Å². The van der Waals surface area contributed by atoms with Gasteiger partial charge in [0, 0.05) is 29.1 Å².